The number of nitrogens with one attached hydrogen (secondary N) is 1. The van der Waals surface area contributed by atoms with Crippen molar-refractivity contribution < 1.29 is 9.53 Å². The number of nitrogens with zero attached hydrogens (tertiary/aromatic N) is 1. The number of carbonyl (C=O) groups is 1. The van der Waals surface area contributed by atoms with Gasteiger partial charge in [-0.1, -0.05) is 0 Å². The summed E-state index contributed by atoms with van der Waals surface area (Å²) in [6, 6.07) is 7.78. The van der Waals surface area contributed by atoms with E-state index in [1.165, 1.54) is 0 Å². The maximum absolute atomic E-state index is 11.6. The molecule has 1 N–H and O–H groups in total. The van der Waals surface area contributed by atoms with Crippen LogP contribution in [0.3, 0.4) is 0 Å². The second kappa shape index (κ2) is 3.27. The van der Waals surface area contributed by atoms with E-state index in [-0.39, 0.29) is 5.91 Å². The Balaban J connectivity index is 2.29. The Morgan fingerprint density at radius 2 is 2.25 bits per heavy atom. The molecule has 1 amide bonds. The van der Waals surface area contributed by atoms with Crippen molar-refractivity contribution in [3.05, 3.63) is 30.0 Å². The van der Waals surface area contributed by atoms with Crippen LogP contribution in [0, 0.1) is 0 Å². The summed E-state index contributed by atoms with van der Waals surface area (Å²) >= 11 is 0. The van der Waals surface area contributed by atoms with Crippen LogP contribution >= 0.6 is 0 Å². The lowest BCUT2D eigenvalue weighted by Crippen LogP contribution is -2.34. The molecular weight excluding hydrogens is 204 g/mol. The molecule has 0 fully saturated rings. The van der Waals surface area contributed by atoms with Crippen LogP contribution in [-0.4, -0.2) is 24.1 Å². The topological polar surface area (TPSA) is 43.3 Å². The molecule has 0 bridgehead atoms. The Labute approximate surface area is 92.8 Å². The fourth-order valence-electron chi connectivity index (χ4n) is 2.16. The molecule has 0 aliphatic carbocycles. The van der Waals surface area contributed by atoms with Crippen molar-refractivity contribution in [3.63, 3.8) is 0 Å². The highest BCUT2D eigenvalue weighted by Gasteiger charge is 2.19. The van der Waals surface area contributed by atoms with Crippen molar-refractivity contribution >= 4 is 16.8 Å². The number of carbonyl (C=O) groups excluding carboxylic acids is 1. The van der Waals surface area contributed by atoms with Gasteiger partial charge in [0.05, 0.1) is 12.6 Å². The molecule has 3 rings (SSSR count). The van der Waals surface area contributed by atoms with Gasteiger partial charge in [-0.3, -0.25) is 4.79 Å². The molecule has 4 heteroatoms. The summed E-state index contributed by atoms with van der Waals surface area (Å²) in [5.41, 5.74) is 1.79. The Morgan fingerprint density at radius 1 is 1.38 bits per heavy atom. The summed E-state index contributed by atoms with van der Waals surface area (Å²) in [6.45, 7) is 1.50. The molecule has 4 nitrogen and oxygen atoms in total. The average molecular weight is 216 g/mol. The minimum absolute atomic E-state index is 0.00131. The Bertz CT molecular complexity index is 572. The van der Waals surface area contributed by atoms with E-state index in [9.17, 15) is 4.79 Å². The van der Waals surface area contributed by atoms with Crippen LogP contribution in [0.15, 0.2) is 24.3 Å². The van der Waals surface area contributed by atoms with Gasteiger partial charge in [-0.2, -0.15) is 0 Å². The average Bonchev–Trinajstić information content (AvgIpc) is 2.68. The summed E-state index contributed by atoms with van der Waals surface area (Å²) in [7, 11) is 1.65. The molecule has 2 heterocycles. The van der Waals surface area contributed by atoms with Gasteiger partial charge in [0.1, 0.15) is 11.4 Å². The zero-order valence-corrected chi connectivity index (χ0v) is 8.99. The molecule has 82 valence electrons. The molecule has 16 heavy (non-hydrogen) atoms. The first-order chi connectivity index (χ1) is 7.79. The number of amides is 1. The quantitative estimate of drug-likeness (QED) is 0.782. The van der Waals surface area contributed by atoms with Crippen LogP contribution < -0.4 is 10.1 Å². The molecule has 0 saturated heterocycles. The molecular formula is C12H12N2O2. The molecule has 2 aromatic rings. The van der Waals surface area contributed by atoms with Crippen LogP contribution in [0.4, 0.5) is 0 Å². The number of hydrogen-bond donors (Lipinski definition) is 1. The van der Waals surface area contributed by atoms with Crippen LogP contribution in [0.25, 0.3) is 10.9 Å². The minimum atomic E-state index is 0.00131. The van der Waals surface area contributed by atoms with Gasteiger partial charge in [-0.15, -0.1) is 0 Å². The lowest BCUT2D eigenvalue weighted by atomic mass is 10.2. The van der Waals surface area contributed by atoms with Gasteiger partial charge in [0.25, 0.3) is 5.91 Å². The maximum Gasteiger partial charge on any atom is 0.268 e. The highest BCUT2D eigenvalue weighted by atomic mass is 16.5. The zero-order valence-electron chi connectivity index (χ0n) is 8.99. The lowest BCUT2D eigenvalue weighted by molar-refractivity contribution is 0.0929. The molecule has 0 spiro atoms. The van der Waals surface area contributed by atoms with E-state index >= 15 is 0 Å². The number of benzene rings is 1. The largest absolute Gasteiger partial charge is 0.497 e. The third-order valence-corrected chi connectivity index (χ3v) is 2.97. The summed E-state index contributed by atoms with van der Waals surface area (Å²) < 4.78 is 7.23. The smallest absolute Gasteiger partial charge is 0.268 e. The molecule has 0 unspecified atom stereocenters. The Kier molecular flexibility index (Phi) is 1.89. The van der Waals surface area contributed by atoms with E-state index in [0.717, 1.165) is 28.9 Å². The summed E-state index contributed by atoms with van der Waals surface area (Å²) in [5.74, 6) is 0.820. The third-order valence-electron chi connectivity index (χ3n) is 2.97. The van der Waals surface area contributed by atoms with Crippen LogP contribution in [-0.2, 0) is 6.54 Å². The normalized spacial score (nSPS) is 14.7. The third kappa shape index (κ3) is 1.19. The monoisotopic (exact) mass is 216 g/mol. The van der Waals surface area contributed by atoms with E-state index in [0.29, 0.717) is 6.54 Å². The number of ether oxygens (including phenoxy) is 1. The van der Waals surface area contributed by atoms with E-state index in [1.54, 1.807) is 7.11 Å². The predicted octanol–water partition coefficient (Wildman–Crippen LogP) is 1.39. The van der Waals surface area contributed by atoms with Crippen molar-refractivity contribution in [3.8, 4) is 5.75 Å². The van der Waals surface area contributed by atoms with Crippen molar-refractivity contribution in [2.45, 2.75) is 6.54 Å². The lowest BCUT2D eigenvalue weighted by Gasteiger charge is -2.16. The molecule has 0 saturated carbocycles. The highest BCUT2D eigenvalue weighted by Crippen LogP contribution is 2.25. The molecule has 0 radical (unpaired) electrons. The van der Waals surface area contributed by atoms with Gasteiger partial charge in [0, 0.05) is 24.5 Å². The molecule has 1 aromatic heterocycles. The number of rotatable bonds is 1. The molecule has 0 atom stereocenters. The van der Waals surface area contributed by atoms with E-state index < -0.39 is 0 Å². The number of fused-ring (bicyclic) bond motifs is 3. The van der Waals surface area contributed by atoms with E-state index in [1.807, 2.05) is 28.8 Å². The molecule has 1 aromatic carbocycles. The number of aromatic nitrogens is 1. The first-order valence-electron chi connectivity index (χ1n) is 5.25. The Morgan fingerprint density at radius 3 is 3.06 bits per heavy atom. The van der Waals surface area contributed by atoms with Crippen molar-refractivity contribution in [1.82, 2.24) is 9.88 Å². The standard InChI is InChI=1S/C12H12N2O2/c1-16-9-3-2-8-6-11-12(15)13-4-5-14(11)10(8)7-9/h2-3,6-7H,4-5H2,1H3,(H,13,15). The molecule has 1 aliphatic rings. The van der Waals surface area contributed by atoms with Crippen LogP contribution in [0.5, 0.6) is 5.75 Å². The summed E-state index contributed by atoms with van der Waals surface area (Å²) in [4.78, 5) is 11.6. The van der Waals surface area contributed by atoms with E-state index in [2.05, 4.69) is 5.32 Å². The van der Waals surface area contributed by atoms with E-state index in [4.69, 9.17) is 4.74 Å². The Hall–Kier alpha value is -1.97. The zero-order chi connectivity index (χ0) is 11.1. The highest BCUT2D eigenvalue weighted by molar-refractivity contribution is 5.99. The number of hydrogen-bond acceptors (Lipinski definition) is 2. The van der Waals surface area contributed by atoms with Gasteiger partial charge in [0.2, 0.25) is 0 Å². The van der Waals surface area contributed by atoms with Gasteiger partial charge in [-0.25, -0.2) is 0 Å². The fraction of sp³-hybridized carbons (Fsp3) is 0.250. The van der Waals surface area contributed by atoms with Crippen LogP contribution in [0.2, 0.25) is 0 Å². The maximum atomic E-state index is 11.6. The van der Waals surface area contributed by atoms with Gasteiger partial charge < -0.3 is 14.6 Å². The summed E-state index contributed by atoms with van der Waals surface area (Å²) in [5, 5.41) is 3.91. The predicted molar refractivity (Wildman–Crippen MR) is 60.8 cm³/mol. The van der Waals surface area contributed by atoms with Crippen molar-refractivity contribution in [2.75, 3.05) is 13.7 Å². The second-order valence-electron chi connectivity index (χ2n) is 3.86. The summed E-state index contributed by atoms with van der Waals surface area (Å²) in [6.07, 6.45) is 0. The van der Waals surface area contributed by atoms with Crippen molar-refractivity contribution in [1.29, 1.82) is 0 Å². The van der Waals surface area contributed by atoms with Gasteiger partial charge in [-0.05, 0) is 18.2 Å². The fourth-order valence-corrected chi connectivity index (χ4v) is 2.16. The first kappa shape index (κ1) is 9.27. The minimum Gasteiger partial charge on any atom is -0.497 e. The van der Waals surface area contributed by atoms with Gasteiger partial charge in [0.15, 0.2) is 0 Å². The number of methoxy groups -OCH3 is 1. The van der Waals surface area contributed by atoms with Crippen molar-refractivity contribution in [2.24, 2.45) is 0 Å². The first-order valence-corrected chi connectivity index (χ1v) is 5.25. The van der Waals surface area contributed by atoms with Crippen LogP contribution in [0.1, 0.15) is 10.5 Å². The van der Waals surface area contributed by atoms with Gasteiger partial charge >= 0.3 is 0 Å². The second-order valence-corrected chi connectivity index (χ2v) is 3.86. The molecule has 1 aliphatic heterocycles. The SMILES string of the molecule is COc1ccc2cc3n(c2c1)CCNC3=O.